The van der Waals surface area contributed by atoms with Crippen molar-refractivity contribution in [2.45, 2.75) is 57.9 Å². The molecule has 2 aromatic carbocycles. The lowest BCUT2D eigenvalue weighted by atomic mass is 9.91. The lowest BCUT2D eigenvalue weighted by Gasteiger charge is -2.32. The van der Waals surface area contributed by atoms with Gasteiger partial charge >= 0.3 is 0 Å². The number of likely N-dealkylation sites (tertiary alicyclic amines) is 1. The summed E-state index contributed by atoms with van der Waals surface area (Å²) in [6.45, 7) is 6.60. The molecule has 3 heterocycles. The lowest BCUT2D eigenvalue weighted by Crippen LogP contribution is -2.34. The van der Waals surface area contributed by atoms with E-state index in [0.717, 1.165) is 32.5 Å². The van der Waals surface area contributed by atoms with E-state index in [9.17, 15) is 0 Å². The van der Waals surface area contributed by atoms with E-state index in [-0.39, 0.29) is 0 Å². The van der Waals surface area contributed by atoms with E-state index in [1.165, 1.54) is 66.1 Å². The molecule has 31 heavy (non-hydrogen) atoms. The Labute approximate surface area is 186 Å². The number of aromatic nitrogens is 2. The minimum Gasteiger partial charge on any atom is -0.370 e. The molecule has 1 aromatic heterocycles. The maximum absolute atomic E-state index is 5.31. The van der Waals surface area contributed by atoms with Crippen molar-refractivity contribution in [1.82, 2.24) is 14.7 Å². The number of anilines is 1. The van der Waals surface area contributed by atoms with Crippen molar-refractivity contribution in [3.05, 3.63) is 77.0 Å². The predicted octanol–water partition coefficient (Wildman–Crippen LogP) is 5.56. The van der Waals surface area contributed by atoms with E-state index in [1.807, 2.05) is 0 Å². The minimum atomic E-state index is 0.515. The summed E-state index contributed by atoms with van der Waals surface area (Å²) in [5.41, 5.74) is 6.81. The van der Waals surface area contributed by atoms with E-state index < -0.39 is 0 Å². The molecule has 4 heteroatoms. The molecule has 0 aliphatic carbocycles. The molecule has 1 fully saturated rings. The van der Waals surface area contributed by atoms with E-state index in [1.54, 1.807) is 0 Å². The van der Waals surface area contributed by atoms with Crippen LogP contribution in [0.3, 0.4) is 0 Å². The molecular formula is C27H34N4. The summed E-state index contributed by atoms with van der Waals surface area (Å²) in [5.74, 6) is 1.76. The topological polar surface area (TPSA) is 33.1 Å². The summed E-state index contributed by atoms with van der Waals surface area (Å²) < 4.78 is 2.23. The highest BCUT2D eigenvalue weighted by atomic mass is 15.3. The Morgan fingerprint density at radius 1 is 1.00 bits per heavy atom. The Hall–Kier alpha value is -2.59. The highest BCUT2D eigenvalue weighted by Gasteiger charge is 2.29. The van der Waals surface area contributed by atoms with E-state index in [4.69, 9.17) is 5.10 Å². The number of para-hydroxylation sites is 1. The molecule has 3 aromatic rings. The van der Waals surface area contributed by atoms with Crippen LogP contribution in [0.1, 0.15) is 60.9 Å². The third kappa shape index (κ3) is 4.27. The molecule has 2 aliphatic heterocycles. The van der Waals surface area contributed by atoms with Gasteiger partial charge in [-0.1, -0.05) is 55.5 Å². The van der Waals surface area contributed by atoms with Gasteiger partial charge in [0, 0.05) is 31.1 Å². The fourth-order valence-corrected chi connectivity index (χ4v) is 5.31. The summed E-state index contributed by atoms with van der Waals surface area (Å²) in [6.07, 6.45) is 7.13. The molecule has 0 radical (unpaired) electrons. The average Bonchev–Trinajstić information content (AvgIpc) is 3.00. The number of hydrogen-bond acceptors (Lipinski definition) is 3. The standard InChI is InChI=1S/C27H34N4/c1-2-22-13-6-7-16-25(22)31-27-24(15-8-9-17-28-27)26(29-31)23-14-10-18-30(20-23)19-21-11-4-3-5-12-21/h3-7,11-13,16,23,28H,2,8-10,14-15,17-20H2,1H3. The van der Waals surface area contributed by atoms with Gasteiger partial charge in [-0.3, -0.25) is 4.90 Å². The normalized spacial score (nSPS) is 19.5. The van der Waals surface area contributed by atoms with Gasteiger partial charge in [0.1, 0.15) is 5.82 Å². The van der Waals surface area contributed by atoms with Crippen LogP contribution in [0, 0.1) is 0 Å². The molecule has 0 amide bonds. The Morgan fingerprint density at radius 2 is 1.84 bits per heavy atom. The Bertz CT molecular complexity index is 1010. The zero-order valence-corrected chi connectivity index (χ0v) is 18.7. The van der Waals surface area contributed by atoms with Crippen molar-refractivity contribution < 1.29 is 0 Å². The third-order valence-corrected chi connectivity index (χ3v) is 6.90. The van der Waals surface area contributed by atoms with Crippen LogP contribution in [0.4, 0.5) is 5.82 Å². The second kappa shape index (κ2) is 9.27. The fraction of sp³-hybridized carbons (Fsp3) is 0.444. The van der Waals surface area contributed by atoms with Gasteiger partial charge in [0.05, 0.1) is 11.4 Å². The molecule has 162 valence electrons. The molecule has 2 aliphatic rings. The maximum Gasteiger partial charge on any atom is 0.133 e. The summed E-state index contributed by atoms with van der Waals surface area (Å²) in [5, 5.41) is 9.05. The van der Waals surface area contributed by atoms with Crippen molar-refractivity contribution in [2.24, 2.45) is 0 Å². The Kier molecular flexibility index (Phi) is 6.08. The van der Waals surface area contributed by atoms with Crippen LogP contribution in [0.25, 0.3) is 5.69 Å². The van der Waals surface area contributed by atoms with Crippen molar-refractivity contribution >= 4 is 5.82 Å². The van der Waals surface area contributed by atoms with Gasteiger partial charge in [-0.25, -0.2) is 4.68 Å². The van der Waals surface area contributed by atoms with Crippen LogP contribution in [0.5, 0.6) is 0 Å². The van der Waals surface area contributed by atoms with E-state index >= 15 is 0 Å². The molecule has 1 saturated heterocycles. The molecule has 1 atom stereocenters. The Morgan fingerprint density at radius 3 is 2.71 bits per heavy atom. The summed E-state index contributed by atoms with van der Waals surface area (Å²) in [7, 11) is 0. The molecule has 0 saturated carbocycles. The van der Waals surface area contributed by atoms with Gasteiger partial charge in [0.15, 0.2) is 0 Å². The monoisotopic (exact) mass is 414 g/mol. The maximum atomic E-state index is 5.31. The molecule has 1 unspecified atom stereocenters. The largest absolute Gasteiger partial charge is 0.370 e. The fourth-order valence-electron chi connectivity index (χ4n) is 5.31. The molecule has 0 bridgehead atoms. The number of hydrogen-bond donors (Lipinski definition) is 1. The van der Waals surface area contributed by atoms with E-state index in [0.29, 0.717) is 5.92 Å². The van der Waals surface area contributed by atoms with Crippen LogP contribution < -0.4 is 5.32 Å². The Balaban J connectivity index is 1.48. The summed E-state index contributed by atoms with van der Waals surface area (Å²) >= 11 is 0. The summed E-state index contributed by atoms with van der Waals surface area (Å²) in [6, 6.07) is 19.6. The highest BCUT2D eigenvalue weighted by Crippen LogP contribution is 2.36. The van der Waals surface area contributed by atoms with Crippen molar-refractivity contribution in [3.8, 4) is 5.69 Å². The number of rotatable bonds is 5. The highest BCUT2D eigenvalue weighted by molar-refractivity contribution is 5.57. The first-order valence-corrected chi connectivity index (χ1v) is 12.0. The molecule has 4 nitrogen and oxygen atoms in total. The van der Waals surface area contributed by atoms with Crippen molar-refractivity contribution in [1.29, 1.82) is 0 Å². The quantitative estimate of drug-likeness (QED) is 0.593. The zero-order chi connectivity index (χ0) is 21.0. The third-order valence-electron chi connectivity index (χ3n) is 6.90. The summed E-state index contributed by atoms with van der Waals surface area (Å²) in [4.78, 5) is 2.62. The lowest BCUT2D eigenvalue weighted by molar-refractivity contribution is 0.198. The van der Waals surface area contributed by atoms with Crippen molar-refractivity contribution in [2.75, 3.05) is 25.0 Å². The second-order valence-corrected chi connectivity index (χ2v) is 9.05. The number of aryl methyl sites for hydroxylation is 1. The first-order chi connectivity index (χ1) is 15.3. The van der Waals surface area contributed by atoms with E-state index in [2.05, 4.69) is 76.4 Å². The van der Waals surface area contributed by atoms with Crippen LogP contribution in [-0.2, 0) is 19.4 Å². The first kappa shape index (κ1) is 20.3. The predicted molar refractivity (Wildman–Crippen MR) is 128 cm³/mol. The first-order valence-electron chi connectivity index (χ1n) is 12.0. The van der Waals surface area contributed by atoms with Crippen LogP contribution >= 0.6 is 0 Å². The average molecular weight is 415 g/mol. The van der Waals surface area contributed by atoms with Gasteiger partial charge in [0.25, 0.3) is 0 Å². The second-order valence-electron chi connectivity index (χ2n) is 9.05. The molecule has 0 spiro atoms. The van der Waals surface area contributed by atoms with Crippen LogP contribution in [0.2, 0.25) is 0 Å². The zero-order valence-electron chi connectivity index (χ0n) is 18.7. The van der Waals surface area contributed by atoms with Crippen LogP contribution in [-0.4, -0.2) is 34.3 Å². The van der Waals surface area contributed by atoms with Gasteiger partial charge in [-0.05, 0) is 62.3 Å². The molecule has 5 rings (SSSR count). The molecular weight excluding hydrogens is 380 g/mol. The molecule has 1 N–H and O–H groups in total. The smallest absolute Gasteiger partial charge is 0.133 e. The SMILES string of the molecule is CCc1ccccc1-n1nc(C2CCCN(Cc3ccccc3)C2)c2c1NCCCC2. The number of nitrogens with zero attached hydrogens (tertiary/aromatic N) is 3. The number of piperidine rings is 1. The van der Waals surface area contributed by atoms with Gasteiger partial charge in [-0.15, -0.1) is 0 Å². The van der Waals surface area contributed by atoms with Gasteiger partial charge in [-0.2, -0.15) is 5.10 Å². The van der Waals surface area contributed by atoms with Gasteiger partial charge in [0.2, 0.25) is 0 Å². The van der Waals surface area contributed by atoms with Gasteiger partial charge < -0.3 is 5.32 Å². The number of fused-ring (bicyclic) bond motifs is 1. The number of nitrogens with one attached hydrogen (secondary N) is 1. The number of benzene rings is 2. The van der Waals surface area contributed by atoms with Crippen LogP contribution in [0.15, 0.2) is 54.6 Å². The minimum absolute atomic E-state index is 0.515. The van der Waals surface area contributed by atoms with Crippen molar-refractivity contribution in [3.63, 3.8) is 0 Å².